The van der Waals surface area contributed by atoms with Crippen LogP contribution in [0.1, 0.15) is 59.3 Å². The van der Waals surface area contributed by atoms with Crippen molar-refractivity contribution >= 4 is 62.2 Å². The van der Waals surface area contributed by atoms with E-state index in [1.807, 2.05) is 18.7 Å². The maximum atomic E-state index is 13.7. The molecule has 0 aliphatic carbocycles. The molecule has 0 saturated carbocycles. The van der Waals surface area contributed by atoms with Crippen LogP contribution in [0.2, 0.25) is 10.0 Å². The van der Waals surface area contributed by atoms with Crippen LogP contribution in [0.25, 0.3) is 11.6 Å². The van der Waals surface area contributed by atoms with Crippen molar-refractivity contribution in [2.24, 2.45) is 0 Å². The number of hydrogen-bond acceptors (Lipinski definition) is 5. The van der Waals surface area contributed by atoms with Crippen LogP contribution in [-0.2, 0) is 31.6 Å². The van der Waals surface area contributed by atoms with E-state index < -0.39 is 16.0 Å². The molecule has 2 saturated heterocycles. The first-order chi connectivity index (χ1) is 21.9. The number of fused-ring (bicyclic) bond motifs is 1. The summed E-state index contributed by atoms with van der Waals surface area (Å²) in [7, 11) is -3.84. The molecule has 0 radical (unpaired) electrons. The Labute approximate surface area is 278 Å². The number of hydrogen-bond donors (Lipinski definition) is 2. The summed E-state index contributed by atoms with van der Waals surface area (Å²) in [5, 5.41) is 3.36. The second kappa shape index (κ2) is 13.1. The number of aromatic nitrogens is 1. The Morgan fingerprint density at radius 3 is 2.57 bits per heavy atom. The topological polar surface area (TPSA) is 103 Å². The van der Waals surface area contributed by atoms with E-state index in [-0.39, 0.29) is 38.5 Å². The molecule has 2 aromatic carbocycles. The maximum Gasteiger partial charge on any atom is 0.256 e. The third-order valence-electron chi connectivity index (χ3n) is 9.42. The fourth-order valence-electron chi connectivity index (χ4n) is 6.90. The van der Waals surface area contributed by atoms with Crippen LogP contribution in [0, 0.1) is 13.8 Å². The minimum Gasteiger partial charge on any atom is -0.359 e. The molecule has 0 spiro atoms. The summed E-state index contributed by atoms with van der Waals surface area (Å²) in [6, 6.07) is 9.53. The van der Waals surface area contributed by atoms with Gasteiger partial charge in [-0.2, -0.15) is 0 Å². The Kier molecular flexibility index (Phi) is 9.36. The molecule has 2 amide bonds. The molecule has 8 nitrogen and oxygen atoms in total. The lowest BCUT2D eigenvalue weighted by Gasteiger charge is -2.28. The highest BCUT2D eigenvalue weighted by Gasteiger charge is 2.33. The molecule has 0 unspecified atom stereocenters. The van der Waals surface area contributed by atoms with Crippen LogP contribution >= 0.6 is 23.2 Å². The van der Waals surface area contributed by atoms with E-state index >= 15 is 0 Å². The highest BCUT2D eigenvalue weighted by molar-refractivity contribution is 7.90. The van der Waals surface area contributed by atoms with E-state index in [2.05, 4.69) is 15.2 Å². The number of aryl methyl sites for hydroxylation is 1. The molecule has 3 aromatic rings. The Morgan fingerprint density at radius 1 is 1.09 bits per heavy atom. The van der Waals surface area contributed by atoms with Crippen molar-refractivity contribution in [3.05, 3.63) is 80.1 Å². The second-order valence-electron chi connectivity index (χ2n) is 12.5. The lowest BCUT2D eigenvalue weighted by Crippen LogP contribution is -2.42. The largest absolute Gasteiger partial charge is 0.359 e. The van der Waals surface area contributed by atoms with Crippen molar-refractivity contribution in [3.63, 3.8) is 0 Å². The number of nitrogens with one attached hydrogen (secondary N) is 2. The van der Waals surface area contributed by atoms with Gasteiger partial charge < -0.3 is 15.2 Å². The highest BCUT2D eigenvalue weighted by atomic mass is 35.5. The van der Waals surface area contributed by atoms with Gasteiger partial charge in [-0.15, -0.1) is 0 Å². The van der Waals surface area contributed by atoms with Crippen molar-refractivity contribution in [2.75, 3.05) is 31.5 Å². The van der Waals surface area contributed by atoms with Gasteiger partial charge >= 0.3 is 0 Å². The molecule has 3 aliphatic rings. The quantitative estimate of drug-likeness (QED) is 0.255. The number of nitrogens with zero attached hydrogens (tertiary/aromatic N) is 2. The molecular formula is C34H37Cl2FN4O4S. The average molecular weight is 688 g/mol. The number of rotatable bonds is 9. The van der Waals surface area contributed by atoms with E-state index in [4.69, 9.17) is 23.2 Å². The SMILES string of the molecule is Cc1[nH]c(/C=C2\C(=O)Nc3ccc(S(=O)(=O)Cc4c(Cl)cccc4Cl)cc32)c(C)c1CCC(=O)N1CCC[C@@H]1CN1CC[C@@H](F)C1. The van der Waals surface area contributed by atoms with Crippen LogP contribution in [0.4, 0.5) is 10.1 Å². The van der Waals surface area contributed by atoms with Crippen molar-refractivity contribution in [1.82, 2.24) is 14.8 Å². The van der Waals surface area contributed by atoms with Gasteiger partial charge in [-0.3, -0.25) is 14.5 Å². The van der Waals surface area contributed by atoms with Crippen LogP contribution in [0.3, 0.4) is 0 Å². The lowest BCUT2D eigenvalue weighted by atomic mass is 10.0. The number of alkyl halides is 1. The lowest BCUT2D eigenvalue weighted by molar-refractivity contribution is -0.132. The maximum absolute atomic E-state index is 13.7. The smallest absolute Gasteiger partial charge is 0.256 e. The van der Waals surface area contributed by atoms with Gasteiger partial charge in [0.15, 0.2) is 9.84 Å². The summed E-state index contributed by atoms with van der Waals surface area (Å²) >= 11 is 12.5. The Morgan fingerprint density at radius 2 is 1.85 bits per heavy atom. The number of amides is 2. The number of sulfone groups is 1. The number of carbonyl (C=O) groups is 2. The zero-order chi connectivity index (χ0) is 32.7. The number of anilines is 1. The third-order valence-corrected chi connectivity index (χ3v) is 11.8. The predicted molar refractivity (Wildman–Crippen MR) is 180 cm³/mol. The number of carbonyl (C=O) groups excluding carboxylic acids is 2. The third kappa shape index (κ3) is 6.63. The fourth-order valence-corrected chi connectivity index (χ4v) is 9.02. The van der Waals surface area contributed by atoms with Crippen LogP contribution in [0.5, 0.6) is 0 Å². The molecule has 46 heavy (non-hydrogen) atoms. The molecule has 2 N–H and O–H groups in total. The van der Waals surface area contributed by atoms with Gasteiger partial charge in [0, 0.05) is 76.9 Å². The summed E-state index contributed by atoms with van der Waals surface area (Å²) in [6.07, 6.45) is 4.34. The van der Waals surface area contributed by atoms with Gasteiger partial charge in [-0.25, -0.2) is 12.8 Å². The molecule has 0 bridgehead atoms. The van der Waals surface area contributed by atoms with Crippen molar-refractivity contribution in [3.8, 4) is 0 Å². The highest BCUT2D eigenvalue weighted by Crippen LogP contribution is 2.37. The first kappa shape index (κ1) is 32.7. The fraction of sp³-hybridized carbons (Fsp3) is 0.412. The molecule has 3 aliphatic heterocycles. The molecule has 4 heterocycles. The first-order valence-corrected chi connectivity index (χ1v) is 18.0. The Balaban J connectivity index is 1.19. The molecule has 2 atom stereocenters. The summed E-state index contributed by atoms with van der Waals surface area (Å²) in [4.78, 5) is 33.9. The van der Waals surface area contributed by atoms with E-state index in [0.717, 1.165) is 55.0 Å². The van der Waals surface area contributed by atoms with Gasteiger partial charge in [0.05, 0.1) is 16.2 Å². The molecule has 1 aromatic heterocycles. The van der Waals surface area contributed by atoms with Crippen LogP contribution in [0.15, 0.2) is 41.3 Å². The zero-order valence-corrected chi connectivity index (χ0v) is 28.2. The molecule has 12 heteroatoms. The summed E-state index contributed by atoms with van der Waals surface area (Å²) in [5.41, 5.74) is 5.25. The number of likely N-dealkylation sites (tertiary alicyclic amines) is 2. The minimum absolute atomic E-state index is 0.0534. The van der Waals surface area contributed by atoms with Crippen LogP contribution < -0.4 is 5.32 Å². The van der Waals surface area contributed by atoms with Crippen molar-refractivity contribution < 1.29 is 22.4 Å². The molecular weight excluding hydrogens is 650 g/mol. The predicted octanol–water partition coefficient (Wildman–Crippen LogP) is 6.37. The number of H-pyrrole nitrogens is 1. The normalized spacial score (nSPS) is 20.9. The zero-order valence-electron chi connectivity index (χ0n) is 25.8. The van der Waals surface area contributed by atoms with Crippen molar-refractivity contribution in [1.29, 1.82) is 0 Å². The van der Waals surface area contributed by atoms with E-state index in [1.54, 1.807) is 30.3 Å². The monoisotopic (exact) mass is 686 g/mol. The Hall–Kier alpha value is -3.18. The van der Waals surface area contributed by atoms with E-state index in [1.165, 1.54) is 12.1 Å². The van der Waals surface area contributed by atoms with Gasteiger partial charge in [-0.1, -0.05) is 29.3 Å². The standard InChI is InChI=1S/C34H37Cl2FN4O4S/c1-20-25(9-11-33(42)41-13-4-5-23(41)18-40-14-12-22(37)17-40)21(2)38-32(20)16-27-26-15-24(8-10-31(26)39-34(27)43)46(44,45)19-28-29(35)6-3-7-30(28)36/h3,6-8,10,15-16,22-23,38H,4-5,9,11-14,17-19H2,1-2H3,(H,39,43)/b27-16-/t22-,23-/m1/s1. The summed E-state index contributed by atoms with van der Waals surface area (Å²) < 4.78 is 40.5. The first-order valence-electron chi connectivity index (χ1n) is 15.6. The number of aromatic amines is 1. The summed E-state index contributed by atoms with van der Waals surface area (Å²) in [6.45, 7) is 6.56. The minimum atomic E-state index is -3.84. The van der Waals surface area contributed by atoms with Gasteiger partial charge in [0.2, 0.25) is 5.91 Å². The molecule has 6 rings (SSSR count). The van der Waals surface area contributed by atoms with E-state index in [0.29, 0.717) is 48.2 Å². The van der Waals surface area contributed by atoms with E-state index in [9.17, 15) is 22.4 Å². The number of benzene rings is 2. The summed E-state index contributed by atoms with van der Waals surface area (Å²) in [5.74, 6) is -0.607. The number of halogens is 3. The van der Waals surface area contributed by atoms with Crippen LogP contribution in [-0.4, -0.2) is 73.4 Å². The van der Waals surface area contributed by atoms with Gasteiger partial charge in [0.25, 0.3) is 5.91 Å². The average Bonchev–Trinajstić information content (AvgIpc) is 3.77. The Bertz CT molecular complexity index is 1820. The molecule has 2 fully saturated rings. The van der Waals surface area contributed by atoms with Crippen molar-refractivity contribution in [2.45, 2.75) is 68.8 Å². The van der Waals surface area contributed by atoms with Gasteiger partial charge in [-0.05, 0) is 87.1 Å². The van der Waals surface area contributed by atoms with Gasteiger partial charge in [0.1, 0.15) is 6.17 Å². The molecule has 244 valence electrons. The second-order valence-corrected chi connectivity index (χ2v) is 15.3.